The highest BCUT2D eigenvalue weighted by molar-refractivity contribution is 6.02. The van der Waals surface area contributed by atoms with Gasteiger partial charge >= 0.3 is 23.9 Å². The third-order valence-electron chi connectivity index (χ3n) is 19.6. The van der Waals surface area contributed by atoms with E-state index in [1.807, 2.05) is 5.32 Å². The third kappa shape index (κ3) is 37.7. The minimum absolute atomic E-state index is 0.0108. The molecule has 2 fully saturated rings. The number of hydrogen-bond donors (Lipinski definition) is 26. The van der Waals surface area contributed by atoms with Crippen LogP contribution in [0.15, 0.2) is 0 Å². The summed E-state index contributed by atoms with van der Waals surface area (Å²) in [6, 6.07) is -25.6. The summed E-state index contributed by atoms with van der Waals surface area (Å²) in [7, 11) is 0. The highest BCUT2D eigenvalue weighted by Crippen LogP contribution is 2.24. The predicted octanol–water partition coefficient (Wildman–Crippen LogP) is -10.5. The number of primary amides is 2. The van der Waals surface area contributed by atoms with Crippen molar-refractivity contribution in [1.29, 1.82) is 0 Å². The molecule has 48 heteroatoms. The highest BCUT2D eigenvalue weighted by Gasteiger charge is 2.45. The largest absolute Gasteiger partial charge is 0.481 e. The van der Waals surface area contributed by atoms with Gasteiger partial charge in [0.15, 0.2) is 6.04 Å². The van der Waals surface area contributed by atoms with Gasteiger partial charge in [-0.1, -0.05) is 20.3 Å². The Kier molecular flexibility index (Phi) is 47.7. The van der Waals surface area contributed by atoms with Crippen LogP contribution in [0.25, 0.3) is 0 Å². The number of aliphatic hydroxyl groups is 4. The molecule has 0 unspecified atom stereocenters. The topological polar surface area (TPSA) is 810 Å². The molecule has 32 N–H and O–H groups in total. The number of hydrogen-bond acceptors (Lipinski definition) is 28. The van der Waals surface area contributed by atoms with E-state index in [0.717, 1.165) is 30.6 Å². The first-order valence-corrected chi connectivity index (χ1v) is 40.1. The van der Waals surface area contributed by atoms with Crippen molar-refractivity contribution in [3.05, 3.63) is 0 Å². The maximum Gasteiger partial charge on any atom is 0.328 e. The quantitative estimate of drug-likeness (QED) is 0.0251. The lowest BCUT2D eigenvalue weighted by Crippen LogP contribution is -2.62. The van der Waals surface area contributed by atoms with E-state index in [9.17, 15) is 137 Å². The lowest BCUT2D eigenvalue weighted by Gasteiger charge is -2.33. The molecule has 18 atom stereocenters. The van der Waals surface area contributed by atoms with E-state index in [2.05, 4.69) is 58.5 Å². The second-order valence-electron chi connectivity index (χ2n) is 30.2. The Morgan fingerprint density at radius 2 is 0.661 bits per heavy atom. The van der Waals surface area contributed by atoms with E-state index in [1.165, 1.54) is 0 Å². The van der Waals surface area contributed by atoms with Gasteiger partial charge in [0.25, 0.3) is 0 Å². The third-order valence-corrected chi connectivity index (χ3v) is 19.6. The maximum absolute atomic E-state index is 14.8. The Balaban J connectivity index is 2.49. The number of carboxylic acid groups (broad SMARTS) is 4. The molecule has 0 radical (unpaired) electrons. The average molecular weight is 1730 g/mol. The second-order valence-corrected chi connectivity index (χ2v) is 30.2. The van der Waals surface area contributed by atoms with E-state index in [-0.39, 0.29) is 103 Å². The average Bonchev–Trinajstić information content (AvgIpc) is 1.70. The number of amides is 16. The molecule has 2 rings (SSSR count). The van der Waals surface area contributed by atoms with Crippen molar-refractivity contribution in [2.45, 2.75) is 291 Å². The van der Waals surface area contributed by atoms with Gasteiger partial charge in [-0.05, 0) is 155 Å². The number of aliphatic hydroxyl groups excluding tert-OH is 4. The van der Waals surface area contributed by atoms with Crippen LogP contribution >= 0.6 is 0 Å². The summed E-state index contributed by atoms with van der Waals surface area (Å²) in [5.41, 5.74) is 33.9. The molecule has 684 valence electrons. The van der Waals surface area contributed by atoms with E-state index in [1.54, 1.807) is 13.8 Å². The first-order valence-electron chi connectivity index (χ1n) is 40.1. The number of carboxylic acids is 4. The lowest BCUT2D eigenvalue weighted by atomic mass is 10.0. The summed E-state index contributed by atoms with van der Waals surface area (Å²) >= 11 is 0. The number of aliphatic carboxylic acids is 4. The number of rotatable bonds is 59. The Morgan fingerprint density at radius 3 is 0.992 bits per heavy atom. The zero-order valence-corrected chi connectivity index (χ0v) is 68.6. The van der Waals surface area contributed by atoms with Crippen LogP contribution in [0.5, 0.6) is 0 Å². The number of nitrogens with two attached hydrogens (primary N) is 6. The molecule has 2 aliphatic rings. The summed E-state index contributed by atoms with van der Waals surface area (Å²) in [6.07, 6.45) is -10.4. The van der Waals surface area contributed by atoms with Crippen molar-refractivity contribution in [1.82, 2.24) is 73.6 Å². The molecule has 0 saturated carbocycles. The van der Waals surface area contributed by atoms with Crippen LogP contribution in [0.4, 0.5) is 0 Å². The number of carbonyl (C=O) groups is 20. The van der Waals surface area contributed by atoms with Crippen LogP contribution in [-0.2, 0) is 95.9 Å². The molecule has 0 aromatic heterocycles. The molecule has 0 aromatic carbocycles. The molecule has 0 aliphatic carbocycles. The molecule has 48 nitrogen and oxygen atoms in total. The van der Waals surface area contributed by atoms with Gasteiger partial charge in [-0.3, -0.25) is 91.1 Å². The van der Waals surface area contributed by atoms with E-state index in [4.69, 9.17) is 34.4 Å². The molecular weight excluding hydrogens is 1600 g/mol. The number of carbonyl (C=O) groups excluding carboxylic acids is 16. The van der Waals surface area contributed by atoms with Gasteiger partial charge in [-0.15, -0.1) is 0 Å². The monoisotopic (exact) mass is 1730 g/mol. The van der Waals surface area contributed by atoms with Crippen LogP contribution < -0.4 is 98.2 Å². The fourth-order valence-corrected chi connectivity index (χ4v) is 13.0. The Morgan fingerprint density at radius 1 is 0.355 bits per heavy atom. The van der Waals surface area contributed by atoms with Crippen LogP contribution in [0.3, 0.4) is 0 Å². The molecule has 0 bridgehead atoms. The second kappa shape index (κ2) is 54.4. The van der Waals surface area contributed by atoms with E-state index in [0.29, 0.717) is 25.8 Å². The van der Waals surface area contributed by atoms with Crippen LogP contribution in [-0.4, -0.2) is 317 Å². The van der Waals surface area contributed by atoms with Crippen molar-refractivity contribution in [3.63, 3.8) is 0 Å². The van der Waals surface area contributed by atoms with Crippen molar-refractivity contribution in [3.8, 4) is 0 Å². The molecule has 16 amide bonds. The minimum Gasteiger partial charge on any atom is -0.481 e. The number of likely N-dealkylation sites (tertiary alicyclic amines) is 2. The molecule has 2 heterocycles. The van der Waals surface area contributed by atoms with Gasteiger partial charge in [-0.25, -0.2) is 4.79 Å². The van der Waals surface area contributed by atoms with E-state index >= 15 is 0 Å². The first kappa shape index (κ1) is 106. The number of unbranched alkanes of at least 4 members (excludes halogenated alkanes) is 3. The molecule has 0 spiro atoms. The van der Waals surface area contributed by atoms with Crippen molar-refractivity contribution in [2.75, 3.05) is 39.3 Å². The first-order chi connectivity index (χ1) is 56.8. The highest BCUT2D eigenvalue weighted by atomic mass is 16.4. The lowest BCUT2D eigenvalue weighted by molar-refractivity contribution is -0.146. The maximum atomic E-state index is 14.8. The number of nitrogens with one attached hydrogen (secondary N) is 12. The Labute approximate surface area is 697 Å². The standard InChI is InChI=1S/C73H124N20O28/c1-35(2)32-46(71(118)92-30-13-18-50(92)68(115)88-48(34-94)66(113)81-40(15-7-10-28-75)60(107)83-44(21-25-54(102)103)65(112)91-58(38(5)97)73(120)121)87-67(114)49-17-12-31-93(49)72(119)47(33-52(79)99)86-61(108)41(16-8-11-29-76)80-63(110)43(20-24-53(100)101)82-62(109)42(19-23-51(78)98)84-70(117)57(37(4)96)90-64(111)45(22-26-55(104)105)85-69(116)56(36(3)95)89-59(106)39(77)14-6-9-27-74/h35-50,56-58,94-97H,6-34,74-77H2,1-5H3,(H2,78,98)(H2,79,99)(H,80,110)(H,81,113)(H,82,109)(H,83,107)(H,84,117)(H,85,116)(H,86,108)(H,87,114)(H,88,115)(H,89,106)(H,90,111)(H,91,112)(H,100,101)(H,102,103)(H,104,105)(H,120,121)/t36-,37-,38-,39+,40+,41+,42+,43+,44+,45+,46+,47+,48+,49+,50+,56+,57+,58+/m1/s1. The smallest absolute Gasteiger partial charge is 0.328 e. The minimum atomic E-state index is -2.10. The molecule has 2 aliphatic heterocycles. The van der Waals surface area contributed by atoms with Gasteiger partial charge < -0.3 is 149 Å². The van der Waals surface area contributed by atoms with Gasteiger partial charge in [0.05, 0.1) is 37.4 Å². The van der Waals surface area contributed by atoms with Crippen molar-refractivity contribution < 1.29 is 137 Å². The fourth-order valence-electron chi connectivity index (χ4n) is 13.0. The van der Waals surface area contributed by atoms with Gasteiger partial charge in [0, 0.05) is 38.8 Å². The molecule has 121 heavy (non-hydrogen) atoms. The molecular formula is C73H124N20O28. The zero-order valence-electron chi connectivity index (χ0n) is 68.6. The normalized spacial score (nSPS) is 17.7. The van der Waals surface area contributed by atoms with Crippen molar-refractivity contribution >= 4 is 118 Å². The summed E-state index contributed by atoms with van der Waals surface area (Å²) < 4.78 is 0. The Bertz CT molecular complexity index is 3570. The van der Waals surface area contributed by atoms with Crippen LogP contribution in [0, 0.1) is 5.92 Å². The van der Waals surface area contributed by atoms with E-state index < -0.39 is 292 Å². The molecule has 2 saturated heterocycles. The summed E-state index contributed by atoms with van der Waals surface area (Å²) in [5, 5.41) is 108. The van der Waals surface area contributed by atoms with Crippen LogP contribution in [0.2, 0.25) is 0 Å². The summed E-state index contributed by atoms with van der Waals surface area (Å²) in [5.74, 6) is -24.4. The number of nitrogens with zero attached hydrogens (tertiary/aromatic N) is 2. The van der Waals surface area contributed by atoms with Crippen LogP contribution in [0.1, 0.15) is 182 Å². The Hall–Kier alpha value is -10.9. The summed E-state index contributed by atoms with van der Waals surface area (Å²) in [6.45, 7) is 5.66. The summed E-state index contributed by atoms with van der Waals surface area (Å²) in [4.78, 5) is 271. The SMILES string of the molecule is CC(C)C[C@H](NC(=O)[C@@H]1CCCN1C(=O)[C@H](CC(N)=O)NC(=O)[C@H](CCCCN)NC(=O)[C@H](CCC(=O)O)NC(=O)[C@H](CCC(N)=O)NC(=O)[C@@H](NC(=O)[C@H](CCC(=O)O)NC(=O)[C@@H](NC(=O)[C@@H](N)CCCCN)[C@@H](C)O)[C@@H](C)O)C(=O)N1CCC[C@H]1C(=O)N[C@@H](CO)C(=O)N[C@@H](CCCCN)C(=O)N[C@@H](CCC(=O)O)C(=O)N[C@H](C(=O)O)[C@@H](C)O. The zero-order chi connectivity index (χ0) is 91.7. The molecule has 0 aromatic rings. The predicted molar refractivity (Wildman–Crippen MR) is 421 cm³/mol. The van der Waals surface area contributed by atoms with Gasteiger partial charge in [0.2, 0.25) is 94.5 Å². The van der Waals surface area contributed by atoms with Crippen molar-refractivity contribution in [2.24, 2.45) is 40.3 Å². The van der Waals surface area contributed by atoms with Gasteiger partial charge in [0.1, 0.15) is 78.5 Å². The fraction of sp³-hybridized carbons (Fsp3) is 0.726. The van der Waals surface area contributed by atoms with Gasteiger partial charge in [-0.2, -0.15) is 0 Å².